The van der Waals surface area contributed by atoms with Gasteiger partial charge in [0.25, 0.3) is 0 Å². The van der Waals surface area contributed by atoms with Gasteiger partial charge in [0.2, 0.25) is 0 Å². The van der Waals surface area contributed by atoms with Crippen molar-refractivity contribution >= 4 is 33.6 Å². The van der Waals surface area contributed by atoms with Crippen molar-refractivity contribution in [3.63, 3.8) is 0 Å². The van der Waals surface area contributed by atoms with Gasteiger partial charge in [-0.05, 0) is 60.9 Å². The fourth-order valence-corrected chi connectivity index (χ4v) is 3.26. The summed E-state index contributed by atoms with van der Waals surface area (Å²) in [4.78, 5) is 0. The van der Waals surface area contributed by atoms with Crippen molar-refractivity contribution in [1.29, 1.82) is 0 Å². The fraction of sp³-hybridized carbons (Fsp3) is 0.467. The van der Waals surface area contributed by atoms with Gasteiger partial charge in [-0.3, -0.25) is 0 Å². The summed E-state index contributed by atoms with van der Waals surface area (Å²) in [6, 6.07) is 8.20. The van der Waals surface area contributed by atoms with E-state index in [1.165, 1.54) is 9.13 Å². The number of rotatable bonds is 5. The van der Waals surface area contributed by atoms with Crippen LogP contribution in [-0.2, 0) is 11.0 Å². The third-order valence-electron chi connectivity index (χ3n) is 2.93. The van der Waals surface area contributed by atoms with Crippen LogP contribution in [-0.4, -0.2) is 8.96 Å². The molecule has 0 aromatic heterocycles. The van der Waals surface area contributed by atoms with Gasteiger partial charge in [-0.2, -0.15) is 0 Å². The molecule has 1 aromatic rings. The monoisotopic (exact) mass is 391 g/mol. The standard InChI is InChI=1S/C15H22INOS/c1-6-11(2)14(17-19(18)15(3,4)5)12-9-7-8-10-13(12)16/h6-11,14,17H,1H2,2-5H3/t11-,14-,19?/m0/s1. The number of hydrogen-bond donors (Lipinski definition) is 1. The minimum Gasteiger partial charge on any atom is -0.242 e. The van der Waals surface area contributed by atoms with E-state index in [0.29, 0.717) is 0 Å². The van der Waals surface area contributed by atoms with Crippen LogP contribution in [0.2, 0.25) is 0 Å². The average Bonchev–Trinajstić information content (AvgIpc) is 2.34. The van der Waals surface area contributed by atoms with Crippen molar-refractivity contribution < 1.29 is 4.21 Å². The topological polar surface area (TPSA) is 29.1 Å². The smallest absolute Gasteiger partial charge is 0.0976 e. The quantitative estimate of drug-likeness (QED) is 0.592. The minimum absolute atomic E-state index is 0.0191. The molecule has 106 valence electrons. The maximum absolute atomic E-state index is 12.3. The molecule has 19 heavy (non-hydrogen) atoms. The van der Waals surface area contributed by atoms with E-state index >= 15 is 0 Å². The zero-order valence-corrected chi connectivity index (χ0v) is 14.9. The van der Waals surface area contributed by atoms with Crippen molar-refractivity contribution in [2.24, 2.45) is 5.92 Å². The molecule has 0 heterocycles. The molecule has 0 aliphatic heterocycles. The van der Waals surface area contributed by atoms with Gasteiger partial charge in [0, 0.05) is 3.57 Å². The normalized spacial score (nSPS) is 16.7. The number of halogens is 1. The van der Waals surface area contributed by atoms with Crippen LogP contribution in [0.25, 0.3) is 0 Å². The van der Waals surface area contributed by atoms with Crippen molar-refractivity contribution in [1.82, 2.24) is 4.72 Å². The molecule has 3 atom stereocenters. The highest BCUT2D eigenvalue weighted by atomic mass is 127. The molecule has 1 aromatic carbocycles. The molecule has 1 N–H and O–H groups in total. The summed E-state index contributed by atoms with van der Waals surface area (Å²) in [6.45, 7) is 11.9. The third-order valence-corrected chi connectivity index (χ3v) is 5.49. The Labute approximate surface area is 132 Å². The van der Waals surface area contributed by atoms with E-state index in [0.717, 1.165) is 0 Å². The second-order valence-corrected chi connectivity index (χ2v) is 8.75. The lowest BCUT2D eigenvalue weighted by molar-refractivity contribution is 0.512. The van der Waals surface area contributed by atoms with E-state index in [2.05, 4.69) is 52.9 Å². The Hall–Kier alpha value is -0.200. The number of hydrogen-bond acceptors (Lipinski definition) is 1. The largest absolute Gasteiger partial charge is 0.242 e. The van der Waals surface area contributed by atoms with Gasteiger partial charge in [0.15, 0.2) is 0 Å². The van der Waals surface area contributed by atoms with Gasteiger partial charge in [-0.25, -0.2) is 8.93 Å². The summed E-state index contributed by atoms with van der Waals surface area (Å²) >= 11 is 2.32. The summed E-state index contributed by atoms with van der Waals surface area (Å²) in [5, 5.41) is 0. The van der Waals surface area contributed by atoms with Gasteiger partial charge in [0.05, 0.1) is 21.8 Å². The Morgan fingerprint density at radius 2 is 1.95 bits per heavy atom. The van der Waals surface area contributed by atoms with E-state index < -0.39 is 11.0 Å². The highest BCUT2D eigenvalue weighted by molar-refractivity contribution is 14.1. The van der Waals surface area contributed by atoms with E-state index in [1.807, 2.05) is 39.0 Å². The molecule has 0 saturated carbocycles. The summed E-state index contributed by atoms with van der Waals surface area (Å²) in [7, 11) is -1.10. The first-order chi connectivity index (χ1) is 8.77. The molecule has 0 aliphatic rings. The summed E-state index contributed by atoms with van der Waals surface area (Å²) in [6.07, 6.45) is 1.90. The lowest BCUT2D eigenvalue weighted by Crippen LogP contribution is -2.38. The van der Waals surface area contributed by atoms with E-state index in [1.54, 1.807) is 0 Å². The first kappa shape index (κ1) is 16.9. The zero-order valence-electron chi connectivity index (χ0n) is 11.9. The number of benzene rings is 1. The first-order valence-corrected chi connectivity index (χ1v) is 8.55. The molecule has 0 fully saturated rings. The van der Waals surface area contributed by atoms with Gasteiger partial charge < -0.3 is 0 Å². The van der Waals surface area contributed by atoms with Crippen LogP contribution in [0.15, 0.2) is 36.9 Å². The Bertz CT molecular complexity index is 467. The predicted octanol–water partition coefficient (Wildman–Crippen LogP) is 4.21. The van der Waals surface area contributed by atoms with Crippen LogP contribution in [0.1, 0.15) is 39.3 Å². The third kappa shape index (κ3) is 4.68. The molecule has 0 spiro atoms. The van der Waals surface area contributed by atoms with Gasteiger partial charge >= 0.3 is 0 Å². The number of nitrogens with one attached hydrogen (secondary N) is 1. The molecule has 2 nitrogen and oxygen atoms in total. The van der Waals surface area contributed by atoms with Crippen LogP contribution in [0.5, 0.6) is 0 Å². The molecule has 0 saturated heterocycles. The molecule has 0 bridgehead atoms. The lowest BCUT2D eigenvalue weighted by atomic mass is 9.96. The second-order valence-electron chi connectivity index (χ2n) is 5.59. The van der Waals surface area contributed by atoms with Crippen LogP contribution < -0.4 is 4.72 Å². The Morgan fingerprint density at radius 1 is 1.37 bits per heavy atom. The highest BCUT2D eigenvalue weighted by Crippen LogP contribution is 2.28. The van der Waals surface area contributed by atoms with Crippen LogP contribution in [0, 0.1) is 9.49 Å². The predicted molar refractivity (Wildman–Crippen MR) is 92.3 cm³/mol. The molecule has 0 amide bonds. The Morgan fingerprint density at radius 3 is 2.42 bits per heavy atom. The van der Waals surface area contributed by atoms with E-state index in [-0.39, 0.29) is 16.7 Å². The summed E-state index contributed by atoms with van der Waals surface area (Å²) in [5.74, 6) is 0.210. The zero-order chi connectivity index (χ0) is 14.6. The fourth-order valence-electron chi connectivity index (χ4n) is 1.61. The van der Waals surface area contributed by atoms with E-state index in [4.69, 9.17) is 0 Å². The van der Waals surface area contributed by atoms with Gasteiger partial charge in [-0.1, -0.05) is 31.2 Å². The summed E-state index contributed by atoms with van der Waals surface area (Å²) in [5.41, 5.74) is 1.17. The average molecular weight is 391 g/mol. The first-order valence-electron chi connectivity index (χ1n) is 6.32. The molecule has 0 radical (unpaired) electrons. The van der Waals surface area contributed by atoms with Crippen LogP contribution in [0.3, 0.4) is 0 Å². The van der Waals surface area contributed by atoms with Crippen molar-refractivity contribution in [2.45, 2.75) is 38.5 Å². The van der Waals surface area contributed by atoms with Crippen molar-refractivity contribution in [2.75, 3.05) is 0 Å². The van der Waals surface area contributed by atoms with Crippen molar-refractivity contribution in [3.05, 3.63) is 46.1 Å². The maximum atomic E-state index is 12.3. The van der Waals surface area contributed by atoms with E-state index in [9.17, 15) is 4.21 Å². The molecule has 1 rings (SSSR count). The molecule has 0 aliphatic carbocycles. The Kier molecular flexibility index (Phi) is 6.20. The van der Waals surface area contributed by atoms with Crippen molar-refractivity contribution in [3.8, 4) is 0 Å². The van der Waals surface area contributed by atoms with Crippen LogP contribution in [0.4, 0.5) is 0 Å². The SMILES string of the molecule is C=C[C@H](C)[C@H](NS(=O)C(C)(C)C)c1ccccc1I. The molecular formula is C15H22INOS. The van der Waals surface area contributed by atoms with Gasteiger partial charge in [-0.15, -0.1) is 6.58 Å². The Balaban J connectivity index is 3.07. The minimum atomic E-state index is -1.10. The maximum Gasteiger partial charge on any atom is 0.0976 e. The second kappa shape index (κ2) is 6.99. The molecule has 1 unspecified atom stereocenters. The van der Waals surface area contributed by atoms with Crippen LogP contribution >= 0.6 is 22.6 Å². The highest BCUT2D eigenvalue weighted by Gasteiger charge is 2.26. The molecular weight excluding hydrogens is 369 g/mol. The summed E-state index contributed by atoms with van der Waals surface area (Å²) < 4.78 is 16.5. The van der Waals surface area contributed by atoms with Gasteiger partial charge in [0.1, 0.15) is 0 Å². The molecule has 4 heteroatoms. The lowest BCUT2D eigenvalue weighted by Gasteiger charge is -2.28.